The Balaban J connectivity index is 1.87. The first kappa shape index (κ1) is 33.3. The zero-order valence-electron chi connectivity index (χ0n) is 26.7. The van der Waals surface area contributed by atoms with Gasteiger partial charge in [0.1, 0.15) is 0 Å². The van der Waals surface area contributed by atoms with Gasteiger partial charge in [-0.05, 0) is 88.7 Å². The summed E-state index contributed by atoms with van der Waals surface area (Å²) in [6.07, 6.45) is 37.8. The van der Waals surface area contributed by atoms with E-state index in [4.69, 9.17) is 0 Å². The molecule has 2 rings (SSSR count). The molecule has 40 heavy (non-hydrogen) atoms. The molecule has 1 heteroatoms. The molecule has 2 aliphatic carbocycles. The minimum absolute atomic E-state index is 0.0135. The van der Waals surface area contributed by atoms with Crippen molar-refractivity contribution in [2.24, 2.45) is 10.8 Å². The summed E-state index contributed by atoms with van der Waals surface area (Å²) < 4.78 is 0. The Labute approximate surface area is 246 Å². The van der Waals surface area contributed by atoms with Crippen LogP contribution in [0.4, 0.5) is 0 Å². The van der Waals surface area contributed by atoms with Crippen molar-refractivity contribution >= 4 is 0 Å². The van der Waals surface area contributed by atoms with Crippen molar-refractivity contribution in [2.75, 3.05) is 0 Å². The van der Waals surface area contributed by atoms with Gasteiger partial charge in [-0.2, -0.15) is 0 Å². The van der Waals surface area contributed by atoms with E-state index in [0.717, 1.165) is 12.8 Å². The van der Waals surface area contributed by atoms with Crippen LogP contribution in [0.5, 0.6) is 0 Å². The number of aliphatic hydroxyl groups excluding tert-OH is 1. The second kappa shape index (κ2) is 15.8. The van der Waals surface area contributed by atoms with Crippen LogP contribution in [0, 0.1) is 10.8 Å². The molecular formula is C39H54O. The van der Waals surface area contributed by atoms with Crippen LogP contribution in [-0.2, 0) is 0 Å². The Morgan fingerprint density at radius 2 is 1.23 bits per heavy atom. The lowest BCUT2D eigenvalue weighted by atomic mass is 9.71. The molecule has 0 radical (unpaired) electrons. The molecule has 0 aromatic rings. The third-order valence-electron chi connectivity index (χ3n) is 7.93. The maximum Gasteiger partial charge on any atom is 0.0585 e. The minimum atomic E-state index is -0.220. The van der Waals surface area contributed by atoms with Gasteiger partial charge in [0.15, 0.2) is 0 Å². The fraction of sp³-hybridized carbons (Fsp3) is 0.436. The topological polar surface area (TPSA) is 20.2 Å². The number of rotatable bonds is 10. The fourth-order valence-corrected chi connectivity index (χ4v) is 5.47. The van der Waals surface area contributed by atoms with E-state index in [2.05, 4.69) is 153 Å². The summed E-state index contributed by atoms with van der Waals surface area (Å²) in [6, 6.07) is 0. The first-order valence-electron chi connectivity index (χ1n) is 15.0. The molecule has 0 aliphatic heterocycles. The maximum absolute atomic E-state index is 10.1. The summed E-state index contributed by atoms with van der Waals surface area (Å²) in [5.41, 5.74) is 9.31. The number of hydrogen-bond acceptors (Lipinski definition) is 1. The van der Waals surface area contributed by atoms with Crippen molar-refractivity contribution in [3.63, 3.8) is 0 Å². The predicted octanol–water partition coefficient (Wildman–Crippen LogP) is 11.2. The van der Waals surface area contributed by atoms with E-state index in [0.29, 0.717) is 5.41 Å². The second-order valence-electron chi connectivity index (χ2n) is 13.0. The second-order valence-corrected chi connectivity index (χ2v) is 13.0. The van der Waals surface area contributed by atoms with Gasteiger partial charge in [0.05, 0.1) is 6.10 Å². The third-order valence-corrected chi connectivity index (χ3v) is 7.93. The smallest absolute Gasteiger partial charge is 0.0585 e. The van der Waals surface area contributed by atoms with Crippen molar-refractivity contribution < 1.29 is 5.11 Å². The van der Waals surface area contributed by atoms with Crippen LogP contribution in [0.25, 0.3) is 0 Å². The summed E-state index contributed by atoms with van der Waals surface area (Å²) in [6.45, 7) is 19.8. The van der Waals surface area contributed by atoms with Crippen LogP contribution in [-0.4, -0.2) is 11.2 Å². The monoisotopic (exact) mass is 538 g/mol. The molecule has 0 spiro atoms. The molecule has 0 bridgehead atoms. The fourth-order valence-electron chi connectivity index (χ4n) is 5.47. The van der Waals surface area contributed by atoms with Gasteiger partial charge in [0.2, 0.25) is 0 Å². The first-order valence-corrected chi connectivity index (χ1v) is 15.0. The van der Waals surface area contributed by atoms with Crippen molar-refractivity contribution in [1.29, 1.82) is 0 Å². The average molecular weight is 539 g/mol. The molecule has 0 unspecified atom stereocenters. The quantitative estimate of drug-likeness (QED) is 0.274. The van der Waals surface area contributed by atoms with Crippen molar-refractivity contribution in [1.82, 2.24) is 0 Å². The summed E-state index contributed by atoms with van der Waals surface area (Å²) in [7, 11) is 0. The normalized spacial score (nSPS) is 23.6. The summed E-state index contributed by atoms with van der Waals surface area (Å²) >= 11 is 0. The van der Waals surface area contributed by atoms with E-state index in [9.17, 15) is 5.11 Å². The van der Waals surface area contributed by atoms with E-state index < -0.39 is 0 Å². The highest BCUT2D eigenvalue weighted by molar-refractivity contribution is 5.38. The molecule has 0 aromatic carbocycles. The van der Waals surface area contributed by atoms with Gasteiger partial charge in [-0.15, -0.1) is 0 Å². The molecular weight excluding hydrogens is 484 g/mol. The van der Waals surface area contributed by atoms with E-state index >= 15 is 0 Å². The molecule has 0 saturated carbocycles. The Bertz CT molecular complexity index is 1210. The number of aliphatic hydroxyl groups is 1. The first-order chi connectivity index (χ1) is 18.8. The molecule has 0 aromatic heterocycles. The summed E-state index contributed by atoms with van der Waals surface area (Å²) in [4.78, 5) is 0. The van der Waals surface area contributed by atoms with Crippen LogP contribution in [0.2, 0.25) is 0 Å². The van der Waals surface area contributed by atoms with Gasteiger partial charge in [-0.3, -0.25) is 0 Å². The van der Waals surface area contributed by atoms with E-state index in [1.54, 1.807) is 0 Å². The Morgan fingerprint density at radius 3 is 1.75 bits per heavy atom. The Hall–Kier alpha value is -2.90. The summed E-state index contributed by atoms with van der Waals surface area (Å²) in [5, 5.41) is 10.1. The maximum atomic E-state index is 10.1. The van der Waals surface area contributed by atoms with E-state index in [1.165, 1.54) is 58.3 Å². The number of hydrogen-bond donors (Lipinski definition) is 1. The predicted molar refractivity (Wildman–Crippen MR) is 178 cm³/mol. The highest BCUT2D eigenvalue weighted by atomic mass is 16.3. The SMILES string of the molecule is CC1=C(/C=C/C(C)=C/C=C/C(C)=C/C=C/C=C(C)/C=C/C=C(C)/C=C/C2=CCCCC2(C)C)C(C)(C)C[C@H](O)C1. The van der Waals surface area contributed by atoms with Crippen LogP contribution in [0.15, 0.2) is 130 Å². The molecule has 216 valence electrons. The Morgan fingerprint density at radius 1 is 0.725 bits per heavy atom. The van der Waals surface area contributed by atoms with Gasteiger partial charge < -0.3 is 5.11 Å². The van der Waals surface area contributed by atoms with Crippen LogP contribution in [0.1, 0.15) is 94.4 Å². The van der Waals surface area contributed by atoms with E-state index in [-0.39, 0.29) is 11.5 Å². The lowest BCUT2D eigenvalue weighted by Crippen LogP contribution is -2.28. The zero-order chi connectivity index (χ0) is 29.8. The largest absolute Gasteiger partial charge is 0.393 e. The lowest BCUT2D eigenvalue weighted by Gasteiger charge is -2.35. The molecule has 1 nitrogen and oxygen atoms in total. The minimum Gasteiger partial charge on any atom is -0.393 e. The zero-order valence-corrected chi connectivity index (χ0v) is 26.7. The standard InChI is InChI=1S/C39H54O/c1-30(18-14-20-32(3)23-25-35-22-12-13-27-38(35,6)7)16-10-11-17-31(2)19-15-21-33(4)24-26-37-34(5)28-36(40)29-39(37,8)9/h10-11,14-26,36,40H,12-13,27-29H2,1-9H3/b11-10+,18-14+,19-15+,25-23+,26-24+,30-16+,31-17+,32-20+,33-21+/t36-/m1/s1. The van der Waals surface area contributed by atoms with Gasteiger partial charge >= 0.3 is 0 Å². The van der Waals surface area contributed by atoms with Crippen LogP contribution < -0.4 is 0 Å². The lowest BCUT2D eigenvalue weighted by molar-refractivity contribution is 0.116. The molecule has 0 fully saturated rings. The molecule has 1 atom stereocenters. The molecule has 0 amide bonds. The van der Waals surface area contributed by atoms with Gasteiger partial charge in [0.25, 0.3) is 0 Å². The molecule has 0 heterocycles. The highest BCUT2D eigenvalue weighted by Gasteiger charge is 2.31. The van der Waals surface area contributed by atoms with Crippen LogP contribution in [0.3, 0.4) is 0 Å². The molecule has 2 aliphatic rings. The van der Waals surface area contributed by atoms with Crippen LogP contribution >= 0.6 is 0 Å². The number of allylic oxidation sites excluding steroid dienone is 21. The average Bonchev–Trinajstić information content (AvgIpc) is 2.84. The Kier molecular flexibility index (Phi) is 13.1. The van der Waals surface area contributed by atoms with Gasteiger partial charge in [-0.1, -0.05) is 147 Å². The third kappa shape index (κ3) is 11.7. The van der Waals surface area contributed by atoms with Crippen molar-refractivity contribution in [2.45, 2.75) is 101 Å². The highest BCUT2D eigenvalue weighted by Crippen LogP contribution is 2.41. The molecule has 0 saturated heterocycles. The van der Waals surface area contributed by atoms with Gasteiger partial charge in [0, 0.05) is 0 Å². The van der Waals surface area contributed by atoms with Gasteiger partial charge in [-0.25, -0.2) is 0 Å². The molecule has 1 N–H and O–H groups in total. The van der Waals surface area contributed by atoms with E-state index in [1.807, 2.05) is 0 Å². The van der Waals surface area contributed by atoms with Crippen molar-refractivity contribution in [3.05, 3.63) is 130 Å². The summed E-state index contributed by atoms with van der Waals surface area (Å²) in [5.74, 6) is 0. The van der Waals surface area contributed by atoms with Crippen molar-refractivity contribution in [3.8, 4) is 0 Å².